The summed E-state index contributed by atoms with van der Waals surface area (Å²) in [5.74, 6) is 0. The molecule has 1 aromatic carbocycles. The van der Waals surface area contributed by atoms with E-state index in [0.29, 0.717) is 25.3 Å². The van der Waals surface area contributed by atoms with Crippen LogP contribution >= 0.6 is 0 Å². The minimum absolute atomic E-state index is 0.398. The standard InChI is InChI=1S/C17H26N2O2/c20-17(13-21-12-14-4-2-1-3-5-14)11-19-9-8-15-6-7-16(10-19)18-15/h1-5,15-18,20H,6-13H2. The monoisotopic (exact) mass is 290 g/mol. The molecule has 2 fully saturated rings. The average Bonchev–Trinajstić information content (AvgIpc) is 2.83. The molecule has 0 spiro atoms. The molecule has 3 unspecified atom stereocenters. The molecule has 116 valence electrons. The maximum absolute atomic E-state index is 10.2. The average molecular weight is 290 g/mol. The Kier molecular flexibility index (Phi) is 5.25. The van der Waals surface area contributed by atoms with Crippen LogP contribution in [0.3, 0.4) is 0 Å². The molecule has 2 heterocycles. The van der Waals surface area contributed by atoms with Crippen molar-refractivity contribution in [3.05, 3.63) is 35.9 Å². The Morgan fingerprint density at radius 1 is 1.19 bits per heavy atom. The number of benzene rings is 1. The van der Waals surface area contributed by atoms with E-state index in [1.807, 2.05) is 30.3 Å². The fourth-order valence-corrected chi connectivity index (χ4v) is 3.42. The molecule has 21 heavy (non-hydrogen) atoms. The number of nitrogens with one attached hydrogen (secondary N) is 1. The van der Waals surface area contributed by atoms with Gasteiger partial charge in [-0.2, -0.15) is 0 Å². The molecule has 4 nitrogen and oxygen atoms in total. The van der Waals surface area contributed by atoms with Gasteiger partial charge in [-0.05, 0) is 31.4 Å². The summed E-state index contributed by atoms with van der Waals surface area (Å²) in [6.45, 7) is 3.85. The molecule has 1 aromatic rings. The number of rotatable bonds is 6. The smallest absolute Gasteiger partial charge is 0.0900 e. The van der Waals surface area contributed by atoms with Gasteiger partial charge in [0.2, 0.25) is 0 Å². The molecule has 0 saturated carbocycles. The van der Waals surface area contributed by atoms with Crippen LogP contribution in [0, 0.1) is 0 Å². The van der Waals surface area contributed by atoms with Crippen molar-refractivity contribution in [2.24, 2.45) is 0 Å². The molecule has 3 rings (SSSR count). The SMILES string of the molecule is OC(COCc1ccccc1)CN1CCC2CCC(C1)N2. The molecular weight excluding hydrogens is 264 g/mol. The Morgan fingerprint density at radius 2 is 2.00 bits per heavy atom. The van der Waals surface area contributed by atoms with Crippen LogP contribution in [0.25, 0.3) is 0 Å². The van der Waals surface area contributed by atoms with Crippen molar-refractivity contribution in [3.8, 4) is 0 Å². The Hall–Kier alpha value is -0.940. The van der Waals surface area contributed by atoms with E-state index in [4.69, 9.17) is 4.74 Å². The summed E-state index contributed by atoms with van der Waals surface area (Å²) >= 11 is 0. The van der Waals surface area contributed by atoms with E-state index < -0.39 is 6.10 Å². The highest BCUT2D eigenvalue weighted by atomic mass is 16.5. The zero-order valence-corrected chi connectivity index (χ0v) is 12.6. The Balaban J connectivity index is 1.37. The topological polar surface area (TPSA) is 44.7 Å². The lowest BCUT2D eigenvalue weighted by molar-refractivity contribution is 0.00930. The first kappa shape index (κ1) is 15.0. The zero-order valence-electron chi connectivity index (χ0n) is 12.6. The summed E-state index contributed by atoms with van der Waals surface area (Å²) in [6, 6.07) is 11.4. The van der Waals surface area contributed by atoms with Crippen LogP contribution in [-0.4, -0.2) is 54.4 Å². The summed E-state index contributed by atoms with van der Waals surface area (Å²) in [5.41, 5.74) is 1.15. The molecule has 2 aliphatic heterocycles. The van der Waals surface area contributed by atoms with Crippen LogP contribution < -0.4 is 5.32 Å². The lowest BCUT2D eigenvalue weighted by atomic mass is 10.1. The number of ether oxygens (including phenoxy) is 1. The second-order valence-electron chi connectivity index (χ2n) is 6.34. The lowest BCUT2D eigenvalue weighted by Gasteiger charge is -2.26. The minimum atomic E-state index is -0.398. The van der Waals surface area contributed by atoms with Crippen LogP contribution in [-0.2, 0) is 11.3 Å². The van der Waals surface area contributed by atoms with Crippen molar-refractivity contribution in [1.29, 1.82) is 0 Å². The first-order valence-electron chi connectivity index (χ1n) is 8.08. The first-order valence-corrected chi connectivity index (χ1v) is 8.08. The van der Waals surface area contributed by atoms with E-state index in [1.54, 1.807) is 0 Å². The summed E-state index contributed by atoms with van der Waals surface area (Å²) in [5, 5.41) is 13.8. The second kappa shape index (κ2) is 7.36. The van der Waals surface area contributed by atoms with Crippen molar-refractivity contribution in [2.45, 2.75) is 44.1 Å². The van der Waals surface area contributed by atoms with Crippen molar-refractivity contribution in [1.82, 2.24) is 10.2 Å². The van der Waals surface area contributed by atoms with E-state index in [2.05, 4.69) is 10.2 Å². The first-order chi connectivity index (χ1) is 10.3. The number of likely N-dealkylation sites (tertiary alicyclic amines) is 1. The summed E-state index contributed by atoms with van der Waals surface area (Å²) in [7, 11) is 0. The van der Waals surface area contributed by atoms with Gasteiger partial charge in [0.15, 0.2) is 0 Å². The molecule has 2 N–H and O–H groups in total. The fourth-order valence-electron chi connectivity index (χ4n) is 3.42. The Morgan fingerprint density at radius 3 is 2.86 bits per heavy atom. The van der Waals surface area contributed by atoms with Gasteiger partial charge < -0.3 is 15.2 Å². The highest BCUT2D eigenvalue weighted by molar-refractivity contribution is 5.13. The minimum Gasteiger partial charge on any atom is -0.389 e. The van der Waals surface area contributed by atoms with Crippen LogP contribution in [0.5, 0.6) is 0 Å². The molecule has 4 heteroatoms. The summed E-state index contributed by atoms with van der Waals surface area (Å²) in [6.07, 6.45) is 3.40. The van der Waals surface area contributed by atoms with Gasteiger partial charge in [-0.15, -0.1) is 0 Å². The van der Waals surface area contributed by atoms with Crippen molar-refractivity contribution >= 4 is 0 Å². The predicted molar refractivity (Wildman–Crippen MR) is 83.1 cm³/mol. The normalized spacial score (nSPS) is 27.5. The van der Waals surface area contributed by atoms with E-state index in [0.717, 1.165) is 25.2 Å². The van der Waals surface area contributed by atoms with Crippen molar-refractivity contribution < 1.29 is 9.84 Å². The largest absolute Gasteiger partial charge is 0.389 e. The van der Waals surface area contributed by atoms with Gasteiger partial charge >= 0.3 is 0 Å². The number of hydrogen-bond acceptors (Lipinski definition) is 4. The molecule has 2 saturated heterocycles. The van der Waals surface area contributed by atoms with Crippen molar-refractivity contribution in [2.75, 3.05) is 26.2 Å². The van der Waals surface area contributed by atoms with Crippen LogP contribution in [0.1, 0.15) is 24.8 Å². The van der Waals surface area contributed by atoms with Gasteiger partial charge in [0.25, 0.3) is 0 Å². The van der Waals surface area contributed by atoms with Crippen LogP contribution in [0.4, 0.5) is 0 Å². The lowest BCUT2D eigenvalue weighted by Crippen LogP contribution is -2.40. The third kappa shape index (κ3) is 4.51. The van der Waals surface area contributed by atoms with Crippen LogP contribution in [0.15, 0.2) is 30.3 Å². The fraction of sp³-hybridized carbons (Fsp3) is 0.647. The highest BCUT2D eigenvalue weighted by Crippen LogP contribution is 2.20. The Bertz CT molecular complexity index is 426. The number of aliphatic hydroxyl groups excluding tert-OH is 1. The van der Waals surface area contributed by atoms with Crippen molar-refractivity contribution in [3.63, 3.8) is 0 Å². The molecule has 0 aliphatic carbocycles. The number of fused-ring (bicyclic) bond motifs is 2. The maximum Gasteiger partial charge on any atom is 0.0900 e. The van der Waals surface area contributed by atoms with Gasteiger partial charge in [-0.1, -0.05) is 30.3 Å². The van der Waals surface area contributed by atoms with Gasteiger partial charge in [0.05, 0.1) is 19.3 Å². The number of nitrogens with zero attached hydrogens (tertiary/aromatic N) is 1. The maximum atomic E-state index is 10.2. The molecule has 3 atom stereocenters. The van der Waals surface area contributed by atoms with E-state index in [9.17, 15) is 5.11 Å². The predicted octanol–water partition coefficient (Wildman–Crippen LogP) is 1.39. The summed E-state index contributed by atoms with van der Waals surface area (Å²) < 4.78 is 5.62. The molecule has 0 radical (unpaired) electrons. The van der Waals surface area contributed by atoms with Gasteiger partial charge in [-0.3, -0.25) is 4.90 Å². The van der Waals surface area contributed by atoms with Gasteiger partial charge in [0, 0.05) is 25.2 Å². The molecule has 0 aromatic heterocycles. The quantitative estimate of drug-likeness (QED) is 0.831. The molecule has 0 amide bonds. The van der Waals surface area contributed by atoms with E-state index in [-0.39, 0.29) is 0 Å². The molecule has 2 aliphatic rings. The molecule has 2 bridgehead atoms. The number of β-amino-alcohol motifs (C(OH)–C–C–N with tert-alkyl or cyclic N) is 1. The number of hydrogen-bond donors (Lipinski definition) is 2. The van der Waals surface area contributed by atoms with Gasteiger partial charge in [-0.25, -0.2) is 0 Å². The number of aliphatic hydroxyl groups is 1. The Labute approximate surface area is 127 Å². The molecular formula is C17H26N2O2. The second-order valence-corrected chi connectivity index (χ2v) is 6.34. The highest BCUT2D eigenvalue weighted by Gasteiger charge is 2.29. The van der Waals surface area contributed by atoms with E-state index >= 15 is 0 Å². The zero-order chi connectivity index (χ0) is 14.5. The third-order valence-electron chi connectivity index (χ3n) is 4.50. The van der Waals surface area contributed by atoms with E-state index in [1.165, 1.54) is 19.3 Å². The van der Waals surface area contributed by atoms with Gasteiger partial charge in [0.1, 0.15) is 0 Å². The van der Waals surface area contributed by atoms with Crippen LogP contribution in [0.2, 0.25) is 0 Å². The third-order valence-corrected chi connectivity index (χ3v) is 4.50. The summed E-state index contributed by atoms with van der Waals surface area (Å²) in [4.78, 5) is 2.38.